The van der Waals surface area contributed by atoms with E-state index in [2.05, 4.69) is 4.98 Å². The van der Waals surface area contributed by atoms with Crippen LogP contribution in [0.2, 0.25) is 0 Å². The van der Waals surface area contributed by atoms with Crippen LogP contribution in [0.1, 0.15) is 58.5 Å². The van der Waals surface area contributed by atoms with Gasteiger partial charge in [-0.05, 0) is 44.0 Å². The van der Waals surface area contributed by atoms with Gasteiger partial charge in [0.25, 0.3) is 5.91 Å². The van der Waals surface area contributed by atoms with Crippen molar-refractivity contribution in [2.75, 3.05) is 20.8 Å². The second-order valence-corrected chi connectivity index (χ2v) is 8.59. The third-order valence-corrected chi connectivity index (χ3v) is 6.23. The van der Waals surface area contributed by atoms with Gasteiger partial charge in [0.15, 0.2) is 0 Å². The summed E-state index contributed by atoms with van der Waals surface area (Å²) in [6.07, 6.45) is -2.83. The van der Waals surface area contributed by atoms with Gasteiger partial charge in [-0.15, -0.1) is 0 Å². The molecule has 0 radical (unpaired) electrons. The van der Waals surface area contributed by atoms with E-state index in [9.17, 15) is 18.0 Å². The molecule has 0 spiro atoms. The first-order chi connectivity index (χ1) is 17.1. The van der Waals surface area contributed by atoms with Crippen molar-refractivity contribution in [3.63, 3.8) is 0 Å². The lowest BCUT2D eigenvalue weighted by Crippen LogP contribution is -2.33. The van der Waals surface area contributed by atoms with E-state index < -0.39 is 11.7 Å². The van der Waals surface area contributed by atoms with Gasteiger partial charge in [-0.2, -0.15) is 13.2 Å². The molecule has 1 heterocycles. The minimum absolute atomic E-state index is 0.000640. The first kappa shape index (κ1) is 27.1. The fraction of sp³-hybridized carbons (Fsp3) is 0.407. The summed E-state index contributed by atoms with van der Waals surface area (Å²) in [5.41, 5.74) is 1.31. The zero-order valence-electron chi connectivity index (χ0n) is 21.3. The number of benzene rings is 2. The standard InChI is InChI=1S/C27H32F3N3O3/c1-6-7-14-32(26(34)22-13-12-21(35-4)15-24(22)36-5)17-25-31-18(2)19(3)33(25)16-20-10-8-9-11-23(20)27(28,29)30/h8-13,15H,6-7,14,16-17H2,1-5H3. The summed E-state index contributed by atoms with van der Waals surface area (Å²) in [5, 5.41) is 0. The van der Waals surface area contributed by atoms with E-state index in [4.69, 9.17) is 9.47 Å². The molecule has 0 N–H and O–H groups in total. The molecule has 2 aromatic carbocycles. The molecule has 0 aliphatic heterocycles. The van der Waals surface area contributed by atoms with Crippen LogP contribution in [0.3, 0.4) is 0 Å². The molecule has 0 saturated heterocycles. The molecule has 0 fully saturated rings. The highest BCUT2D eigenvalue weighted by Gasteiger charge is 2.33. The SMILES string of the molecule is CCCCN(Cc1nc(C)c(C)n1Cc1ccccc1C(F)(F)F)C(=O)c1ccc(OC)cc1OC. The summed E-state index contributed by atoms with van der Waals surface area (Å²) in [6.45, 7) is 6.28. The topological polar surface area (TPSA) is 56.6 Å². The Balaban J connectivity index is 1.99. The number of hydrogen-bond acceptors (Lipinski definition) is 4. The summed E-state index contributed by atoms with van der Waals surface area (Å²) in [5.74, 6) is 1.23. The Bertz CT molecular complexity index is 1200. The monoisotopic (exact) mass is 503 g/mol. The van der Waals surface area contributed by atoms with Gasteiger partial charge in [-0.3, -0.25) is 4.79 Å². The smallest absolute Gasteiger partial charge is 0.416 e. The van der Waals surface area contributed by atoms with Gasteiger partial charge in [0, 0.05) is 24.8 Å². The molecule has 0 saturated carbocycles. The zero-order chi connectivity index (χ0) is 26.5. The van der Waals surface area contributed by atoms with E-state index in [1.807, 2.05) is 20.8 Å². The Labute approximate surface area is 209 Å². The fourth-order valence-electron chi connectivity index (χ4n) is 4.08. The number of halogens is 3. The molecule has 1 amide bonds. The number of hydrogen-bond donors (Lipinski definition) is 0. The molecule has 0 unspecified atom stereocenters. The van der Waals surface area contributed by atoms with Gasteiger partial charge in [-0.25, -0.2) is 4.98 Å². The molecule has 3 rings (SSSR count). The number of aryl methyl sites for hydroxylation is 1. The average molecular weight is 504 g/mol. The maximum absolute atomic E-state index is 13.6. The number of imidazole rings is 1. The molecule has 3 aromatic rings. The zero-order valence-corrected chi connectivity index (χ0v) is 21.3. The highest BCUT2D eigenvalue weighted by molar-refractivity contribution is 5.97. The Morgan fingerprint density at radius 1 is 1.08 bits per heavy atom. The number of ether oxygens (including phenoxy) is 2. The minimum atomic E-state index is -4.46. The summed E-state index contributed by atoms with van der Waals surface area (Å²) in [6, 6.07) is 10.5. The van der Waals surface area contributed by atoms with Crippen molar-refractivity contribution in [2.24, 2.45) is 0 Å². The first-order valence-corrected chi connectivity index (χ1v) is 11.8. The van der Waals surface area contributed by atoms with Crippen molar-refractivity contribution in [1.29, 1.82) is 0 Å². The van der Waals surface area contributed by atoms with Gasteiger partial charge in [-0.1, -0.05) is 31.5 Å². The van der Waals surface area contributed by atoms with E-state index in [1.54, 1.807) is 33.7 Å². The van der Waals surface area contributed by atoms with Crippen molar-refractivity contribution in [3.05, 3.63) is 76.4 Å². The maximum atomic E-state index is 13.6. The molecule has 6 nitrogen and oxygen atoms in total. The van der Waals surface area contributed by atoms with Crippen LogP contribution in [0, 0.1) is 13.8 Å². The lowest BCUT2D eigenvalue weighted by molar-refractivity contribution is -0.138. The second kappa shape index (κ2) is 11.5. The molecular formula is C27H32F3N3O3. The van der Waals surface area contributed by atoms with E-state index in [0.717, 1.165) is 24.6 Å². The van der Waals surface area contributed by atoms with Crippen LogP contribution in [0.15, 0.2) is 42.5 Å². The van der Waals surface area contributed by atoms with Gasteiger partial charge >= 0.3 is 6.18 Å². The molecule has 0 aliphatic carbocycles. The predicted molar refractivity (Wildman–Crippen MR) is 131 cm³/mol. The second-order valence-electron chi connectivity index (χ2n) is 8.59. The number of methoxy groups -OCH3 is 2. The van der Waals surface area contributed by atoms with Crippen molar-refractivity contribution in [1.82, 2.24) is 14.5 Å². The van der Waals surface area contributed by atoms with Gasteiger partial charge in [0.2, 0.25) is 0 Å². The summed E-state index contributed by atoms with van der Waals surface area (Å²) < 4.78 is 53.3. The summed E-state index contributed by atoms with van der Waals surface area (Å²) in [4.78, 5) is 19.9. The molecule has 36 heavy (non-hydrogen) atoms. The van der Waals surface area contributed by atoms with Gasteiger partial charge in [0.1, 0.15) is 17.3 Å². The number of carbonyl (C=O) groups excluding carboxylic acids is 1. The number of aromatic nitrogens is 2. The van der Waals surface area contributed by atoms with Crippen LogP contribution in [-0.2, 0) is 19.3 Å². The van der Waals surface area contributed by atoms with E-state index in [-0.39, 0.29) is 24.6 Å². The van der Waals surface area contributed by atoms with Crippen molar-refractivity contribution in [3.8, 4) is 11.5 Å². The van der Waals surface area contributed by atoms with E-state index in [1.165, 1.54) is 26.4 Å². The number of unbranched alkanes of at least 4 members (excludes halogenated alkanes) is 1. The molecule has 9 heteroatoms. The van der Waals surface area contributed by atoms with Crippen molar-refractivity contribution in [2.45, 2.75) is 52.9 Å². The largest absolute Gasteiger partial charge is 0.497 e. The van der Waals surface area contributed by atoms with Crippen molar-refractivity contribution >= 4 is 5.91 Å². The van der Waals surface area contributed by atoms with Crippen LogP contribution in [-0.4, -0.2) is 41.1 Å². The molecular weight excluding hydrogens is 471 g/mol. The van der Waals surface area contributed by atoms with Crippen LogP contribution in [0.25, 0.3) is 0 Å². The van der Waals surface area contributed by atoms with Crippen LogP contribution < -0.4 is 9.47 Å². The van der Waals surface area contributed by atoms with Gasteiger partial charge in [0.05, 0.1) is 37.6 Å². The Hall–Kier alpha value is -3.49. The lowest BCUT2D eigenvalue weighted by atomic mass is 10.1. The van der Waals surface area contributed by atoms with E-state index >= 15 is 0 Å². The highest BCUT2D eigenvalue weighted by atomic mass is 19.4. The number of carbonyl (C=O) groups is 1. The third kappa shape index (κ3) is 6.01. The van der Waals surface area contributed by atoms with Crippen LogP contribution in [0.5, 0.6) is 11.5 Å². The third-order valence-electron chi connectivity index (χ3n) is 6.23. The minimum Gasteiger partial charge on any atom is -0.497 e. The number of nitrogens with zero attached hydrogens (tertiary/aromatic N) is 3. The molecule has 0 aliphatic rings. The van der Waals surface area contributed by atoms with Crippen molar-refractivity contribution < 1.29 is 27.4 Å². The van der Waals surface area contributed by atoms with Crippen LogP contribution >= 0.6 is 0 Å². The van der Waals surface area contributed by atoms with Crippen LogP contribution in [0.4, 0.5) is 13.2 Å². The maximum Gasteiger partial charge on any atom is 0.416 e. The van der Waals surface area contributed by atoms with E-state index in [0.29, 0.717) is 35.1 Å². The molecule has 0 bridgehead atoms. The predicted octanol–water partition coefficient (Wildman–Crippen LogP) is 6.03. The highest BCUT2D eigenvalue weighted by Crippen LogP contribution is 2.33. The Kier molecular flexibility index (Phi) is 8.66. The summed E-state index contributed by atoms with van der Waals surface area (Å²) >= 11 is 0. The molecule has 0 atom stereocenters. The number of rotatable bonds is 10. The Morgan fingerprint density at radius 2 is 1.81 bits per heavy atom. The molecule has 1 aromatic heterocycles. The van der Waals surface area contributed by atoms with Gasteiger partial charge < -0.3 is 18.9 Å². The fourth-order valence-corrected chi connectivity index (χ4v) is 4.08. The lowest BCUT2D eigenvalue weighted by Gasteiger charge is -2.24. The number of alkyl halides is 3. The normalized spacial score (nSPS) is 11.4. The number of amides is 1. The Morgan fingerprint density at radius 3 is 2.44 bits per heavy atom. The average Bonchev–Trinajstić information content (AvgIpc) is 3.12. The molecule has 194 valence electrons. The first-order valence-electron chi connectivity index (χ1n) is 11.8. The summed E-state index contributed by atoms with van der Waals surface area (Å²) in [7, 11) is 3.02. The quantitative estimate of drug-likeness (QED) is 0.339.